The highest BCUT2D eigenvalue weighted by atomic mass is 79.9. The molecule has 0 atom stereocenters. The predicted molar refractivity (Wildman–Crippen MR) is 91.9 cm³/mol. The number of hydrogen-bond acceptors (Lipinski definition) is 5. The molecule has 0 amide bonds. The van der Waals surface area contributed by atoms with E-state index in [1.54, 1.807) is 0 Å². The van der Waals surface area contributed by atoms with Gasteiger partial charge in [0.15, 0.2) is 0 Å². The minimum absolute atomic E-state index is 0.450. The monoisotopic (exact) mass is 362 g/mol. The van der Waals surface area contributed by atoms with E-state index in [-0.39, 0.29) is 0 Å². The molecule has 2 heterocycles. The number of nitrogens with zero attached hydrogens (tertiary/aromatic N) is 1. The van der Waals surface area contributed by atoms with Crippen LogP contribution in [0.2, 0.25) is 0 Å². The Morgan fingerprint density at radius 3 is 2.86 bits per heavy atom. The lowest BCUT2D eigenvalue weighted by molar-refractivity contribution is 0.0504. The number of ether oxygens (including phenoxy) is 1. The van der Waals surface area contributed by atoms with E-state index in [0.717, 1.165) is 54.3 Å². The topological polar surface area (TPSA) is 74.4 Å². The van der Waals surface area contributed by atoms with Crippen molar-refractivity contribution in [2.45, 2.75) is 0 Å². The van der Waals surface area contributed by atoms with Crippen molar-refractivity contribution in [3.63, 3.8) is 0 Å². The predicted octanol–water partition coefficient (Wildman–Crippen LogP) is 2.10. The van der Waals surface area contributed by atoms with E-state index in [9.17, 15) is 0 Å². The number of nitrogen functional groups attached to an aromatic ring is 1. The fourth-order valence-electron chi connectivity index (χ4n) is 2.60. The van der Waals surface area contributed by atoms with Crippen LogP contribution in [0.15, 0.2) is 46.2 Å². The summed E-state index contributed by atoms with van der Waals surface area (Å²) >= 11 is 3.44. The lowest BCUT2D eigenvalue weighted by Gasteiger charge is -2.33. The molecule has 116 valence electrons. The maximum Gasteiger partial charge on any atom is 0.102 e. The average Bonchev–Trinajstić information content (AvgIpc) is 2.57. The molecule has 0 saturated carbocycles. The summed E-state index contributed by atoms with van der Waals surface area (Å²) in [4.78, 5) is 2.26. The molecule has 3 rings (SSSR count). The van der Waals surface area contributed by atoms with Crippen molar-refractivity contribution in [1.82, 2.24) is 10.2 Å². The minimum atomic E-state index is 0.450. The summed E-state index contributed by atoms with van der Waals surface area (Å²) in [5.41, 5.74) is 8.74. The highest BCUT2D eigenvalue weighted by Gasteiger charge is 2.18. The number of dihydropyridines is 1. The summed E-state index contributed by atoms with van der Waals surface area (Å²) in [6, 6.07) is 5.60. The Hall–Kier alpha value is -1.79. The Kier molecular flexibility index (Phi) is 4.49. The molecule has 0 spiro atoms. The van der Waals surface area contributed by atoms with Crippen LogP contribution < -0.4 is 11.1 Å². The van der Waals surface area contributed by atoms with Crippen LogP contribution in [-0.4, -0.2) is 43.5 Å². The van der Waals surface area contributed by atoms with Crippen LogP contribution in [0.25, 0.3) is 0 Å². The van der Waals surface area contributed by atoms with E-state index < -0.39 is 0 Å². The number of halogens is 1. The number of benzene rings is 1. The van der Waals surface area contributed by atoms with E-state index >= 15 is 0 Å². The van der Waals surface area contributed by atoms with Crippen LogP contribution in [0.4, 0.5) is 5.69 Å². The molecular formula is C16H19BrN4O. The highest BCUT2D eigenvalue weighted by molar-refractivity contribution is 9.10. The van der Waals surface area contributed by atoms with Gasteiger partial charge < -0.3 is 20.7 Å². The minimum Gasteiger partial charge on any atom is -0.398 e. The number of nitrogens with one attached hydrogen (secondary N) is 2. The molecule has 2 aliphatic heterocycles. The van der Waals surface area contributed by atoms with Crippen molar-refractivity contribution >= 4 is 27.3 Å². The summed E-state index contributed by atoms with van der Waals surface area (Å²) in [6.07, 6.45) is 4.05. The van der Waals surface area contributed by atoms with Gasteiger partial charge in [-0.3, -0.25) is 5.41 Å². The molecule has 1 aromatic rings. The van der Waals surface area contributed by atoms with Gasteiger partial charge in [0, 0.05) is 40.9 Å². The molecule has 5 nitrogen and oxygen atoms in total. The van der Waals surface area contributed by atoms with E-state index in [4.69, 9.17) is 15.9 Å². The fourth-order valence-corrected chi connectivity index (χ4v) is 2.97. The molecule has 1 aromatic carbocycles. The van der Waals surface area contributed by atoms with Gasteiger partial charge in [0.2, 0.25) is 0 Å². The van der Waals surface area contributed by atoms with E-state index in [1.165, 1.54) is 0 Å². The number of hydrogen-bond donors (Lipinski definition) is 3. The number of anilines is 1. The van der Waals surface area contributed by atoms with E-state index in [1.807, 2.05) is 30.4 Å². The molecule has 2 aliphatic rings. The van der Waals surface area contributed by atoms with Gasteiger partial charge in [-0.05, 0) is 24.3 Å². The molecule has 4 N–H and O–H groups in total. The molecule has 0 aliphatic carbocycles. The Balaban J connectivity index is 1.84. The lowest BCUT2D eigenvalue weighted by Crippen LogP contribution is -2.41. The quantitative estimate of drug-likeness (QED) is 0.568. The first kappa shape index (κ1) is 15.1. The SMILES string of the molecule is N=C(C1=CCNC(N2CCOCC2)=C1)c1cc(Br)ccc1N. The molecule has 0 radical (unpaired) electrons. The standard InChI is InChI=1S/C16H19BrN4O/c17-12-1-2-14(18)13(10-12)16(19)11-3-4-20-15(9-11)21-5-7-22-8-6-21/h1-3,9-10,19-20H,4-8,18H2. The molecule has 1 saturated heterocycles. The van der Waals surface area contributed by atoms with Crippen LogP contribution in [0.1, 0.15) is 5.56 Å². The van der Waals surface area contributed by atoms with Gasteiger partial charge in [0.05, 0.1) is 18.9 Å². The first-order chi connectivity index (χ1) is 10.6. The lowest BCUT2D eigenvalue weighted by atomic mass is 9.99. The third kappa shape index (κ3) is 3.18. The molecule has 6 heteroatoms. The van der Waals surface area contributed by atoms with Gasteiger partial charge >= 0.3 is 0 Å². The number of rotatable bonds is 3. The van der Waals surface area contributed by atoms with E-state index in [2.05, 4.69) is 26.1 Å². The largest absolute Gasteiger partial charge is 0.398 e. The number of allylic oxidation sites excluding steroid dienone is 2. The highest BCUT2D eigenvalue weighted by Crippen LogP contribution is 2.23. The van der Waals surface area contributed by atoms with Crippen molar-refractivity contribution in [1.29, 1.82) is 5.41 Å². The van der Waals surface area contributed by atoms with Crippen molar-refractivity contribution in [3.05, 3.63) is 51.8 Å². The third-order valence-electron chi connectivity index (χ3n) is 3.82. The van der Waals surface area contributed by atoms with Crippen LogP contribution in [0, 0.1) is 5.41 Å². The summed E-state index contributed by atoms with van der Waals surface area (Å²) in [7, 11) is 0. The smallest absolute Gasteiger partial charge is 0.102 e. The van der Waals surface area contributed by atoms with Crippen molar-refractivity contribution in [2.75, 3.05) is 38.6 Å². The summed E-state index contributed by atoms with van der Waals surface area (Å²) in [5, 5.41) is 11.8. The van der Waals surface area contributed by atoms with E-state index in [0.29, 0.717) is 11.4 Å². The second-order valence-electron chi connectivity index (χ2n) is 5.28. The van der Waals surface area contributed by atoms with Gasteiger partial charge in [-0.1, -0.05) is 22.0 Å². The summed E-state index contributed by atoms with van der Waals surface area (Å²) in [6.45, 7) is 3.95. The first-order valence-corrected chi connectivity index (χ1v) is 8.07. The van der Waals surface area contributed by atoms with Gasteiger partial charge in [-0.15, -0.1) is 0 Å². The summed E-state index contributed by atoms with van der Waals surface area (Å²) in [5.74, 6) is 1.05. The maximum absolute atomic E-state index is 8.48. The average molecular weight is 363 g/mol. The Bertz CT molecular complexity index is 648. The number of nitrogens with two attached hydrogens (primary N) is 1. The van der Waals surface area contributed by atoms with Crippen LogP contribution in [0.3, 0.4) is 0 Å². The van der Waals surface area contributed by atoms with Crippen molar-refractivity contribution < 1.29 is 4.74 Å². The zero-order valence-corrected chi connectivity index (χ0v) is 13.8. The first-order valence-electron chi connectivity index (χ1n) is 7.28. The van der Waals surface area contributed by atoms with Gasteiger partial charge in [-0.25, -0.2) is 0 Å². The third-order valence-corrected chi connectivity index (χ3v) is 4.32. The molecule has 0 aromatic heterocycles. The maximum atomic E-state index is 8.48. The van der Waals surface area contributed by atoms with Gasteiger partial charge in [-0.2, -0.15) is 0 Å². The van der Waals surface area contributed by atoms with Crippen molar-refractivity contribution in [3.8, 4) is 0 Å². The van der Waals surface area contributed by atoms with Gasteiger partial charge in [0.1, 0.15) is 5.82 Å². The zero-order chi connectivity index (χ0) is 15.5. The van der Waals surface area contributed by atoms with Gasteiger partial charge in [0.25, 0.3) is 0 Å². The molecular weight excluding hydrogens is 344 g/mol. The number of morpholine rings is 1. The zero-order valence-electron chi connectivity index (χ0n) is 12.2. The van der Waals surface area contributed by atoms with Crippen LogP contribution in [-0.2, 0) is 4.74 Å². The fraction of sp³-hybridized carbons (Fsp3) is 0.312. The van der Waals surface area contributed by atoms with Crippen molar-refractivity contribution in [2.24, 2.45) is 0 Å². The summed E-state index contributed by atoms with van der Waals surface area (Å²) < 4.78 is 6.31. The molecule has 1 fully saturated rings. The Morgan fingerprint density at radius 1 is 1.32 bits per heavy atom. The molecule has 0 bridgehead atoms. The molecule has 22 heavy (non-hydrogen) atoms. The normalized spacial score (nSPS) is 18.3. The molecule has 0 unspecified atom stereocenters. The second kappa shape index (κ2) is 6.54. The van der Waals surface area contributed by atoms with Crippen LogP contribution in [0.5, 0.6) is 0 Å². The Morgan fingerprint density at radius 2 is 2.09 bits per heavy atom. The Labute approximate surface area is 138 Å². The second-order valence-corrected chi connectivity index (χ2v) is 6.19. The van der Waals surface area contributed by atoms with Crippen LogP contribution >= 0.6 is 15.9 Å².